The zero-order valence-electron chi connectivity index (χ0n) is 19.4. The number of ketones is 1. The molecular formula is C25H36O6. The smallest absolute Gasteiger partial charge is 0.302 e. The lowest BCUT2D eigenvalue weighted by Crippen LogP contribution is -2.66. The van der Waals surface area contributed by atoms with E-state index in [-0.39, 0.29) is 47.0 Å². The molecule has 0 bridgehead atoms. The first-order valence-corrected chi connectivity index (χ1v) is 11.7. The number of carbonyl (C=O) groups excluding carboxylic acids is 3. The molecule has 8 atom stereocenters. The van der Waals surface area contributed by atoms with Crippen LogP contribution in [-0.4, -0.2) is 40.6 Å². The van der Waals surface area contributed by atoms with Crippen molar-refractivity contribution in [2.45, 2.75) is 97.4 Å². The van der Waals surface area contributed by atoms with Crippen LogP contribution in [0.3, 0.4) is 0 Å². The van der Waals surface area contributed by atoms with Crippen LogP contribution in [0.4, 0.5) is 0 Å². The Labute approximate surface area is 184 Å². The molecule has 0 spiro atoms. The number of allylic oxidation sites excluding steroid dienone is 1. The summed E-state index contributed by atoms with van der Waals surface area (Å²) in [7, 11) is 0. The second-order valence-corrected chi connectivity index (χ2v) is 10.8. The fourth-order valence-electron chi connectivity index (χ4n) is 7.90. The fraction of sp³-hybridized carbons (Fsp3) is 0.800. The van der Waals surface area contributed by atoms with Gasteiger partial charge < -0.3 is 14.6 Å². The number of ether oxygens (including phenoxy) is 2. The molecule has 0 unspecified atom stereocenters. The maximum absolute atomic E-state index is 12.6. The van der Waals surface area contributed by atoms with Gasteiger partial charge in [-0.1, -0.05) is 25.5 Å². The summed E-state index contributed by atoms with van der Waals surface area (Å²) in [6.45, 7) is 8.67. The summed E-state index contributed by atoms with van der Waals surface area (Å²) in [5, 5.41) is 12.2. The Kier molecular flexibility index (Phi) is 5.39. The molecule has 6 heteroatoms. The number of Topliss-reactive ketones (excluding diaryl/α,β-unsaturated/α-hetero) is 1. The van der Waals surface area contributed by atoms with Crippen molar-refractivity contribution in [2.24, 2.45) is 28.6 Å². The van der Waals surface area contributed by atoms with Gasteiger partial charge in [0.05, 0.1) is 5.60 Å². The van der Waals surface area contributed by atoms with Gasteiger partial charge in [-0.3, -0.25) is 14.4 Å². The first-order chi connectivity index (χ1) is 14.4. The third-order valence-electron chi connectivity index (χ3n) is 9.44. The van der Waals surface area contributed by atoms with Crippen molar-refractivity contribution >= 4 is 17.7 Å². The van der Waals surface area contributed by atoms with E-state index in [0.29, 0.717) is 19.3 Å². The van der Waals surface area contributed by atoms with Crippen LogP contribution < -0.4 is 0 Å². The van der Waals surface area contributed by atoms with E-state index in [1.54, 1.807) is 6.92 Å². The first kappa shape index (κ1) is 22.5. The molecule has 172 valence electrons. The highest BCUT2D eigenvalue weighted by molar-refractivity contribution is 5.80. The van der Waals surface area contributed by atoms with Crippen molar-refractivity contribution in [3.8, 4) is 0 Å². The second-order valence-electron chi connectivity index (χ2n) is 10.8. The Morgan fingerprint density at radius 1 is 1.00 bits per heavy atom. The van der Waals surface area contributed by atoms with Crippen molar-refractivity contribution in [3.05, 3.63) is 11.6 Å². The van der Waals surface area contributed by atoms with E-state index in [0.717, 1.165) is 25.7 Å². The van der Waals surface area contributed by atoms with Crippen LogP contribution in [0.15, 0.2) is 11.6 Å². The first-order valence-electron chi connectivity index (χ1n) is 11.7. The number of rotatable bonds is 3. The monoisotopic (exact) mass is 432 g/mol. The molecule has 0 amide bonds. The second kappa shape index (κ2) is 7.43. The summed E-state index contributed by atoms with van der Waals surface area (Å²) in [5.41, 5.74) is -0.670. The molecule has 0 aromatic heterocycles. The predicted molar refractivity (Wildman–Crippen MR) is 114 cm³/mol. The standard InChI is InChI=1S/C25H36O6/c1-14(26)19-9-11-25(29)20-7-6-17-12-18(30-15(2)27)8-10-23(17,4)21(20)13-22(24(19,25)5)31-16(3)28/h6,18-22,29H,7-13H2,1-5H3/t18-,19-,20-,21-,22+,23-,24-,25-/m0/s1. The van der Waals surface area contributed by atoms with Gasteiger partial charge in [-0.2, -0.15) is 0 Å². The van der Waals surface area contributed by atoms with Crippen molar-refractivity contribution in [1.82, 2.24) is 0 Å². The number of hydrogen-bond acceptors (Lipinski definition) is 6. The largest absolute Gasteiger partial charge is 0.462 e. The van der Waals surface area contributed by atoms with Gasteiger partial charge in [0.1, 0.15) is 18.0 Å². The van der Waals surface area contributed by atoms with Gasteiger partial charge in [0, 0.05) is 31.6 Å². The molecule has 3 saturated carbocycles. The van der Waals surface area contributed by atoms with Gasteiger partial charge in [-0.15, -0.1) is 0 Å². The maximum atomic E-state index is 12.6. The minimum absolute atomic E-state index is 0.0210. The molecule has 1 N–H and O–H groups in total. The quantitative estimate of drug-likeness (QED) is 0.540. The minimum atomic E-state index is -1.05. The molecule has 4 rings (SSSR count). The average Bonchev–Trinajstić information content (AvgIpc) is 2.95. The summed E-state index contributed by atoms with van der Waals surface area (Å²) in [6.07, 6.45) is 6.64. The van der Waals surface area contributed by atoms with E-state index in [1.807, 2.05) is 6.92 Å². The zero-order chi connectivity index (χ0) is 22.8. The molecule has 0 heterocycles. The van der Waals surface area contributed by atoms with E-state index in [9.17, 15) is 19.5 Å². The molecule has 0 aromatic rings. The van der Waals surface area contributed by atoms with Gasteiger partial charge >= 0.3 is 11.9 Å². The molecule has 6 nitrogen and oxygen atoms in total. The van der Waals surface area contributed by atoms with E-state index in [4.69, 9.17) is 9.47 Å². The third-order valence-corrected chi connectivity index (χ3v) is 9.44. The van der Waals surface area contributed by atoms with Gasteiger partial charge in [-0.25, -0.2) is 0 Å². The number of esters is 2. The number of hydrogen-bond donors (Lipinski definition) is 1. The maximum Gasteiger partial charge on any atom is 0.302 e. The topological polar surface area (TPSA) is 89.9 Å². The van der Waals surface area contributed by atoms with Crippen LogP contribution in [0.25, 0.3) is 0 Å². The van der Waals surface area contributed by atoms with Crippen LogP contribution >= 0.6 is 0 Å². The Hall–Kier alpha value is -1.69. The van der Waals surface area contributed by atoms with Crippen molar-refractivity contribution in [3.63, 3.8) is 0 Å². The Morgan fingerprint density at radius 3 is 2.29 bits per heavy atom. The number of aliphatic hydroxyl groups is 1. The van der Waals surface area contributed by atoms with E-state index in [1.165, 1.54) is 19.4 Å². The summed E-state index contributed by atoms with van der Waals surface area (Å²) in [6, 6.07) is 0. The molecule has 0 radical (unpaired) electrons. The molecule has 4 aliphatic rings. The highest BCUT2D eigenvalue weighted by Crippen LogP contribution is 2.68. The highest BCUT2D eigenvalue weighted by atomic mass is 16.5. The van der Waals surface area contributed by atoms with Crippen LogP contribution in [0.2, 0.25) is 0 Å². The van der Waals surface area contributed by atoms with Gasteiger partial charge in [0.15, 0.2) is 0 Å². The SMILES string of the molecule is CC(=O)O[C@H]1CC[C@@]2(C)C(=CC[C@H]3[C@@H]2C[C@@H](OC(C)=O)[C@]2(C)[C@H](C(C)=O)CC[C@]32O)C1. The van der Waals surface area contributed by atoms with Crippen molar-refractivity contribution in [2.75, 3.05) is 0 Å². The van der Waals surface area contributed by atoms with Gasteiger partial charge in [0.25, 0.3) is 0 Å². The minimum Gasteiger partial charge on any atom is -0.462 e. The fourth-order valence-corrected chi connectivity index (χ4v) is 7.90. The summed E-state index contributed by atoms with van der Waals surface area (Å²) in [5.74, 6) is -0.681. The lowest BCUT2D eigenvalue weighted by Gasteiger charge is -2.62. The molecule has 0 aromatic carbocycles. The zero-order valence-corrected chi connectivity index (χ0v) is 19.4. The number of carbonyl (C=O) groups is 3. The summed E-state index contributed by atoms with van der Waals surface area (Å²) < 4.78 is 11.4. The van der Waals surface area contributed by atoms with Crippen LogP contribution in [0.5, 0.6) is 0 Å². The predicted octanol–water partition coefficient (Wildman–Crippen LogP) is 3.74. The lowest BCUT2D eigenvalue weighted by molar-refractivity contribution is -0.233. The van der Waals surface area contributed by atoms with E-state index >= 15 is 0 Å². The van der Waals surface area contributed by atoms with Crippen LogP contribution in [-0.2, 0) is 23.9 Å². The summed E-state index contributed by atoms with van der Waals surface area (Å²) in [4.78, 5) is 36.1. The van der Waals surface area contributed by atoms with Gasteiger partial charge in [0.2, 0.25) is 0 Å². The van der Waals surface area contributed by atoms with Crippen LogP contribution in [0, 0.1) is 28.6 Å². The normalized spacial score (nSPS) is 46.1. The summed E-state index contributed by atoms with van der Waals surface area (Å²) >= 11 is 0. The van der Waals surface area contributed by atoms with Crippen molar-refractivity contribution in [1.29, 1.82) is 0 Å². The average molecular weight is 433 g/mol. The van der Waals surface area contributed by atoms with Crippen LogP contribution in [0.1, 0.15) is 79.6 Å². The molecular weight excluding hydrogens is 396 g/mol. The molecule has 0 aliphatic heterocycles. The Bertz CT molecular complexity index is 832. The van der Waals surface area contributed by atoms with Gasteiger partial charge in [-0.05, 0) is 62.7 Å². The third kappa shape index (κ3) is 3.20. The van der Waals surface area contributed by atoms with E-state index < -0.39 is 17.1 Å². The molecule has 4 aliphatic carbocycles. The molecule has 3 fully saturated rings. The molecule has 0 saturated heterocycles. The van der Waals surface area contributed by atoms with Crippen molar-refractivity contribution < 1.29 is 29.0 Å². The van der Waals surface area contributed by atoms with E-state index in [2.05, 4.69) is 13.0 Å². The Morgan fingerprint density at radius 2 is 1.68 bits per heavy atom. The Balaban J connectivity index is 1.73. The molecule has 31 heavy (non-hydrogen) atoms. The lowest BCUT2D eigenvalue weighted by atomic mass is 9.45. The number of fused-ring (bicyclic) bond motifs is 5. The highest BCUT2D eigenvalue weighted by Gasteiger charge is 2.71.